The third kappa shape index (κ3) is 2.20. The maximum absolute atomic E-state index is 5.81. The summed E-state index contributed by atoms with van der Waals surface area (Å²) >= 11 is 0. The number of hydrogen-bond acceptors (Lipinski definition) is 2. The molecular formula is C10H21NO. The van der Waals surface area contributed by atoms with Gasteiger partial charge in [0.25, 0.3) is 0 Å². The molecule has 0 saturated carbocycles. The molecule has 0 radical (unpaired) electrons. The van der Waals surface area contributed by atoms with E-state index in [4.69, 9.17) is 4.74 Å². The Bertz CT molecular complexity index is 136. The zero-order valence-electron chi connectivity index (χ0n) is 8.63. The topological polar surface area (TPSA) is 21.3 Å². The van der Waals surface area contributed by atoms with Crippen molar-refractivity contribution in [1.29, 1.82) is 0 Å². The fourth-order valence-corrected chi connectivity index (χ4v) is 2.05. The molecule has 72 valence electrons. The molecule has 1 N–H and O–H groups in total. The second-order valence-corrected chi connectivity index (χ2v) is 4.12. The molecule has 1 aliphatic heterocycles. The van der Waals surface area contributed by atoms with E-state index in [0.29, 0.717) is 24.2 Å². The van der Waals surface area contributed by atoms with Crippen molar-refractivity contribution in [2.45, 2.75) is 51.9 Å². The highest BCUT2D eigenvalue weighted by Gasteiger charge is 2.30. The van der Waals surface area contributed by atoms with Crippen LogP contribution in [-0.2, 0) is 4.74 Å². The maximum atomic E-state index is 5.81. The normalized spacial score (nSPS) is 32.8. The minimum atomic E-state index is 0.435. The Kier molecular flexibility index (Phi) is 3.53. The van der Waals surface area contributed by atoms with Gasteiger partial charge in [0.15, 0.2) is 0 Å². The molecule has 1 fully saturated rings. The summed E-state index contributed by atoms with van der Waals surface area (Å²) in [6.45, 7) is 6.65. The molecule has 1 saturated heterocycles. The number of nitrogens with one attached hydrogen (secondary N) is 1. The second-order valence-electron chi connectivity index (χ2n) is 4.12. The van der Waals surface area contributed by atoms with Crippen LogP contribution in [0.1, 0.15) is 33.6 Å². The second kappa shape index (κ2) is 4.24. The lowest BCUT2D eigenvalue weighted by molar-refractivity contribution is 0.0231. The van der Waals surface area contributed by atoms with E-state index in [9.17, 15) is 0 Å². The fraction of sp³-hybridized carbons (Fsp3) is 1.00. The minimum absolute atomic E-state index is 0.435. The van der Waals surface area contributed by atoms with Crippen LogP contribution in [0.15, 0.2) is 0 Å². The Morgan fingerprint density at radius 3 is 2.33 bits per heavy atom. The van der Waals surface area contributed by atoms with Crippen LogP contribution in [0.25, 0.3) is 0 Å². The van der Waals surface area contributed by atoms with Gasteiger partial charge in [0.2, 0.25) is 0 Å². The summed E-state index contributed by atoms with van der Waals surface area (Å²) in [4.78, 5) is 0. The summed E-state index contributed by atoms with van der Waals surface area (Å²) in [6, 6.07) is 0.523. The molecule has 0 amide bonds. The first-order valence-corrected chi connectivity index (χ1v) is 4.98. The highest BCUT2D eigenvalue weighted by atomic mass is 16.5. The molecule has 0 aromatic heterocycles. The smallest absolute Gasteiger partial charge is 0.0735 e. The van der Waals surface area contributed by atoms with Gasteiger partial charge in [-0.3, -0.25) is 0 Å². The van der Waals surface area contributed by atoms with Crippen molar-refractivity contribution < 1.29 is 4.74 Å². The van der Waals surface area contributed by atoms with Crippen molar-refractivity contribution in [3.63, 3.8) is 0 Å². The van der Waals surface area contributed by atoms with Gasteiger partial charge in [0.1, 0.15) is 0 Å². The molecular weight excluding hydrogens is 150 g/mol. The number of likely N-dealkylation sites (N-methyl/N-ethyl adjacent to an activating group) is 1. The zero-order valence-corrected chi connectivity index (χ0v) is 8.63. The molecule has 1 aliphatic rings. The summed E-state index contributed by atoms with van der Waals surface area (Å²) in [6.07, 6.45) is 3.33. The highest BCUT2D eigenvalue weighted by molar-refractivity contribution is 4.83. The van der Waals surface area contributed by atoms with Gasteiger partial charge in [-0.15, -0.1) is 0 Å². The van der Waals surface area contributed by atoms with E-state index in [1.807, 2.05) is 7.05 Å². The molecule has 0 bridgehead atoms. The summed E-state index contributed by atoms with van der Waals surface area (Å²) in [5.74, 6) is 0.658. The third-order valence-electron chi connectivity index (χ3n) is 2.72. The van der Waals surface area contributed by atoms with Gasteiger partial charge in [0, 0.05) is 6.04 Å². The van der Waals surface area contributed by atoms with Crippen molar-refractivity contribution in [3.8, 4) is 0 Å². The molecule has 1 heterocycles. The lowest BCUT2D eigenvalue weighted by Gasteiger charge is -2.26. The van der Waals surface area contributed by atoms with E-state index in [2.05, 4.69) is 26.1 Å². The van der Waals surface area contributed by atoms with Gasteiger partial charge in [-0.25, -0.2) is 0 Å². The monoisotopic (exact) mass is 171 g/mol. The van der Waals surface area contributed by atoms with Crippen LogP contribution >= 0.6 is 0 Å². The number of ether oxygens (including phenoxy) is 1. The van der Waals surface area contributed by atoms with E-state index in [-0.39, 0.29) is 0 Å². The van der Waals surface area contributed by atoms with Crippen molar-refractivity contribution >= 4 is 0 Å². The molecule has 1 rings (SSSR count). The average Bonchev–Trinajstić information content (AvgIpc) is 2.37. The lowest BCUT2D eigenvalue weighted by atomic mass is 9.97. The first-order valence-electron chi connectivity index (χ1n) is 4.98. The third-order valence-corrected chi connectivity index (χ3v) is 2.72. The summed E-state index contributed by atoms with van der Waals surface area (Å²) < 4.78 is 5.81. The number of rotatable bonds is 3. The molecule has 12 heavy (non-hydrogen) atoms. The Morgan fingerprint density at radius 1 is 1.33 bits per heavy atom. The Balaban J connectivity index is 2.44. The van der Waals surface area contributed by atoms with Gasteiger partial charge in [0.05, 0.1) is 12.2 Å². The molecule has 2 nitrogen and oxygen atoms in total. The van der Waals surface area contributed by atoms with Crippen LogP contribution in [0.5, 0.6) is 0 Å². The molecule has 0 aromatic carbocycles. The van der Waals surface area contributed by atoms with Crippen LogP contribution in [0.3, 0.4) is 0 Å². The zero-order chi connectivity index (χ0) is 9.14. The van der Waals surface area contributed by atoms with Crippen LogP contribution < -0.4 is 5.32 Å². The molecule has 0 spiro atoms. The van der Waals surface area contributed by atoms with Gasteiger partial charge in [-0.05, 0) is 32.7 Å². The Labute approximate surface area is 75.7 Å². The van der Waals surface area contributed by atoms with Crippen LogP contribution in [-0.4, -0.2) is 25.3 Å². The highest BCUT2D eigenvalue weighted by Crippen LogP contribution is 2.24. The van der Waals surface area contributed by atoms with Crippen LogP contribution in [0.4, 0.5) is 0 Å². The predicted octanol–water partition coefficient (Wildman–Crippen LogP) is 1.80. The first-order chi connectivity index (χ1) is 5.65. The van der Waals surface area contributed by atoms with Crippen molar-refractivity contribution in [3.05, 3.63) is 0 Å². The first kappa shape index (κ1) is 10.0. The van der Waals surface area contributed by atoms with Crippen molar-refractivity contribution in [1.82, 2.24) is 5.32 Å². The van der Waals surface area contributed by atoms with Crippen LogP contribution in [0.2, 0.25) is 0 Å². The maximum Gasteiger partial charge on any atom is 0.0735 e. The predicted molar refractivity (Wildman–Crippen MR) is 51.3 cm³/mol. The van der Waals surface area contributed by atoms with Crippen LogP contribution in [0, 0.1) is 5.92 Å². The van der Waals surface area contributed by atoms with Gasteiger partial charge < -0.3 is 10.1 Å². The standard InChI is InChI=1S/C10H21NO/c1-7(2)10(11-4)9-6-5-8(3)12-9/h7-11H,5-6H2,1-4H3. The lowest BCUT2D eigenvalue weighted by Crippen LogP contribution is -2.41. The SMILES string of the molecule is CNC(C(C)C)C1CCC(C)O1. The minimum Gasteiger partial charge on any atom is -0.374 e. The van der Waals surface area contributed by atoms with E-state index in [1.165, 1.54) is 12.8 Å². The quantitative estimate of drug-likeness (QED) is 0.699. The molecule has 0 aromatic rings. The number of hydrogen-bond donors (Lipinski definition) is 1. The van der Waals surface area contributed by atoms with E-state index in [1.54, 1.807) is 0 Å². The average molecular weight is 171 g/mol. The summed E-state index contributed by atoms with van der Waals surface area (Å²) in [5.41, 5.74) is 0. The molecule has 3 atom stereocenters. The van der Waals surface area contributed by atoms with E-state index in [0.717, 1.165) is 0 Å². The largest absolute Gasteiger partial charge is 0.374 e. The Morgan fingerprint density at radius 2 is 2.00 bits per heavy atom. The Hall–Kier alpha value is -0.0800. The van der Waals surface area contributed by atoms with E-state index < -0.39 is 0 Å². The van der Waals surface area contributed by atoms with Gasteiger partial charge in [-0.1, -0.05) is 13.8 Å². The van der Waals surface area contributed by atoms with Crippen molar-refractivity contribution in [2.75, 3.05) is 7.05 Å². The molecule has 2 heteroatoms. The van der Waals surface area contributed by atoms with E-state index >= 15 is 0 Å². The summed E-state index contributed by atoms with van der Waals surface area (Å²) in [7, 11) is 2.02. The van der Waals surface area contributed by atoms with Gasteiger partial charge >= 0.3 is 0 Å². The summed E-state index contributed by atoms with van der Waals surface area (Å²) in [5, 5.41) is 3.34. The fourth-order valence-electron chi connectivity index (χ4n) is 2.05. The van der Waals surface area contributed by atoms with Gasteiger partial charge in [-0.2, -0.15) is 0 Å². The molecule has 3 unspecified atom stereocenters. The molecule has 0 aliphatic carbocycles. The van der Waals surface area contributed by atoms with Crippen molar-refractivity contribution in [2.24, 2.45) is 5.92 Å².